The highest BCUT2D eigenvalue weighted by atomic mass is 16.2. The van der Waals surface area contributed by atoms with Gasteiger partial charge in [-0.1, -0.05) is 71.1 Å². The lowest BCUT2D eigenvalue weighted by Gasteiger charge is -2.07. The van der Waals surface area contributed by atoms with Crippen LogP contribution >= 0.6 is 0 Å². The summed E-state index contributed by atoms with van der Waals surface area (Å²) in [6, 6.07) is 6.97. The first-order valence-corrected chi connectivity index (χ1v) is 10.3. The SMILES string of the molecule is CCCCCCCCCCCCCNC(=O)c1ccc(NC(C)=O)cc1. The summed E-state index contributed by atoms with van der Waals surface area (Å²) in [4.78, 5) is 23.0. The number of hydrogen-bond donors (Lipinski definition) is 2. The van der Waals surface area contributed by atoms with Crippen LogP contribution in [0.5, 0.6) is 0 Å². The van der Waals surface area contributed by atoms with Gasteiger partial charge < -0.3 is 10.6 Å². The quantitative estimate of drug-likeness (QED) is 0.419. The molecule has 0 saturated heterocycles. The maximum absolute atomic E-state index is 12.1. The first kappa shape index (κ1) is 22.2. The van der Waals surface area contributed by atoms with Crippen molar-refractivity contribution in [3.8, 4) is 0 Å². The van der Waals surface area contributed by atoms with Crippen molar-refractivity contribution < 1.29 is 9.59 Å². The van der Waals surface area contributed by atoms with E-state index in [0.717, 1.165) is 13.0 Å². The van der Waals surface area contributed by atoms with Gasteiger partial charge in [-0.05, 0) is 30.7 Å². The van der Waals surface area contributed by atoms with Gasteiger partial charge in [-0.25, -0.2) is 0 Å². The molecule has 0 aliphatic carbocycles. The summed E-state index contributed by atoms with van der Waals surface area (Å²) in [5, 5.41) is 5.66. The molecule has 2 amide bonds. The molecular weight excluding hydrogens is 324 g/mol. The Morgan fingerprint density at radius 1 is 0.769 bits per heavy atom. The summed E-state index contributed by atoms with van der Waals surface area (Å²) >= 11 is 0. The van der Waals surface area contributed by atoms with Crippen LogP contribution < -0.4 is 10.6 Å². The summed E-state index contributed by atoms with van der Waals surface area (Å²) in [6.07, 6.45) is 14.4. The Morgan fingerprint density at radius 2 is 1.27 bits per heavy atom. The number of benzene rings is 1. The lowest BCUT2D eigenvalue weighted by Crippen LogP contribution is -2.24. The molecule has 4 heteroatoms. The summed E-state index contributed by atoms with van der Waals surface area (Å²) in [5.41, 5.74) is 1.33. The lowest BCUT2D eigenvalue weighted by atomic mass is 10.1. The van der Waals surface area contributed by atoms with Gasteiger partial charge in [0.2, 0.25) is 5.91 Å². The van der Waals surface area contributed by atoms with E-state index in [4.69, 9.17) is 0 Å². The molecule has 0 radical (unpaired) electrons. The van der Waals surface area contributed by atoms with Crippen molar-refractivity contribution in [2.24, 2.45) is 0 Å². The van der Waals surface area contributed by atoms with Crippen molar-refractivity contribution in [3.05, 3.63) is 29.8 Å². The molecule has 0 aromatic heterocycles. The fourth-order valence-electron chi connectivity index (χ4n) is 3.00. The molecule has 2 N–H and O–H groups in total. The number of rotatable bonds is 14. The normalized spacial score (nSPS) is 10.5. The highest BCUT2D eigenvalue weighted by Crippen LogP contribution is 2.11. The van der Waals surface area contributed by atoms with Crippen molar-refractivity contribution >= 4 is 17.5 Å². The van der Waals surface area contributed by atoms with Crippen LogP contribution in [0.2, 0.25) is 0 Å². The molecule has 1 rings (SSSR count). The lowest BCUT2D eigenvalue weighted by molar-refractivity contribution is -0.114. The number of unbranched alkanes of at least 4 members (excludes halogenated alkanes) is 10. The molecule has 146 valence electrons. The molecular formula is C22H36N2O2. The van der Waals surface area contributed by atoms with Gasteiger partial charge in [-0.2, -0.15) is 0 Å². The number of anilines is 1. The van der Waals surface area contributed by atoms with Crippen molar-refractivity contribution in [2.75, 3.05) is 11.9 Å². The Bertz CT molecular complexity index is 511. The molecule has 0 aliphatic heterocycles. The van der Waals surface area contributed by atoms with E-state index in [1.807, 2.05) is 0 Å². The van der Waals surface area contributed by atoms with Crippen LogP contribution in [0.1, 0.15) is 94.8 Å². The maximum atomic E-state index is 12.1. The van der Waals surface area contributed by atoms with Gasteiger partial charge in [-0.3, -0.25) is 9.59 Å². The monoisotopic (exact) mass is 360 g/mol. The van der Waals surface area contributed by atoms with Crippen molar-refractivity contribution in [1.29, 1.82) is 0 Å². The smallest absolute Gasteiger partial charge is 0.251 e. The number of carbonyl (C=O) groups is 2. The van der Waals surface area contributed by atoms with E-state index in [0.29, 0.717) is 11.3 Å². The largest absolute Gasteiger partial charge is 0.352 e. The van der Waals surface area contributed by atoms with E-state index < -0.39 is 0 Å². The minimum atomic E-state index is -0.112. The summed E-state index contributed by atoms with van der Waals surface area (Å²) in [6.45, 7) is 4.45. The molecule has 1 aromatic carbocycles. The molecule has 0 bridgehead atoms. The highest BCUT2D eigenvalue weighted by molar-refractivity contribution is 5.95. The molecule has 0 spiro atoms. The summed E-state index contributed by atoms with van der Waals surface area (Å²) < 4.78 is 0. The van der Waals surface area contributed by atoms with Gasteiger partial charge in [0.15, 0.2) is 0 Å². The summed E-state index contributed by atoms with van der Waals surface area (Å²) in [7, 11) is 0. The minimum absolute atomic E-state index is 0.0496. The molecule has 26 heavy (non-hydrogen) atoms. The van der Waals surface area contributed by atoms with Gasteiger partial charge in [0.05, 0.1) is 0 Å². The van der Waals surface area contributed by atoms with Crippen LogP contribution in [0.3, 0.4) is 0 Å². The number of carbonyl (C=O) groups excluding carboxylic acids is 2. The molecule has 0 fully saturated rings. The molecule has 0 heterocycles. The minimum Gasteiger partial charge on any atom is -0.352 e. The average Bonchev–Trinajstić information content (AvgIpc) is 2.62. The van der Waals surface area contributed by atoms with Crippen molar-refractivity contribution in [2.45, 2.75) is 84.5 Å². The van der Waals surface area contributed by atoms with Gasteiger partial charge in [-0.15, -0.1) is 0 Å². The molecule has 0 atom stereocenters. The third-order valence-electron chi connectivity index (χ3n) is 4.53. The Labute approximate surface area is 159 Å². The van der Waals surface area contributed by atoms with Crippen molar-refractivity contribution in [1.82, 2.24) is 5.32 Å². The second-order valence-electron chi connectivity index (χ2n) is 7.05. The van der Waals surface area contributed by atoms with Crippen LogP contribution in [-0.4, -0.2) is 18.4 Å². The Hall–Kier alpha value is -1.84. The fraction of sp³-hybridized carbons (Fsp3) is 0.636. The number of nitrogens with one attached hydrogen (secondary N) is 2. The molecule has 0 saturated carbocycles. The van der Waals surface area contributed by atoms with Crippen molar-refractivity contribution in [3.63, 3.8) is 0 Å². The number of hydrogen-bond acceptors (Lipinski definition) is 2. The van der Waals surface area contributed by atoms with Crippen LogP contribution in [-0.2, 0) is 4.79 Å². The third kappa shape index (κ3) is 10.9. The van der Waals surface area contributed by atoms with Gasteiger partial charge in [0, 0.05) is 24.7 Å². The van der Waals surface area contributed by atoms with Crippen LogP contribution in [0, 0.1) is 0 Å². The van der Waals surface area contributed by atoms with Gasteiger partial charge in [0.25, 0.3) is 5.91 Å². The first-order valence-electron chi connectivity index (χ1n) is 10.3. The fourth-order valence-corrected chi connectivity index (χ4v) is 3.00. The highest BCUT2D eigenvalue weighted by Gasteiger charge is 2.05. The maximum Gasteiger partial charge on any atom is 0.251 e. The molecule has 4 nitrogen and oxygen atoms in total. The Kier molecular flexibility index (Phi) is 12.2. The zero-order valence-corrected chi connectivity index (χ0v) is 16.6. The van der Waals surface area contributed by atoms with E-state index in [2.05, 4.69) is 17.6 Å². The van der Waals surface area contributed by atoms with Gasteiger partial charge >= 0.3 is 0 Å². The third-order valence-corrected chi connectivity index (χ3v) is 4.53. The van der Waals surface area contributed by atoms with E-state index in [1.165, 1.54) is 71.1 Å². The molecule has 0 aliphatic rings. The number of amides is 2. The Balaban J connectivity index is 2.00. The topological polar surface area (TPSA) is 58.2 Å². The summed E-state index contributed by atoms with van der Waals surface area (Å²) in [5.74, 6) is -0.162. The molecule has 1 aromatic rings. The Morgan fingerprint density at radius 3 is 1.77 bits per heavy atom. The molecule has 0 unspecified atom stereocenters. The first-order chi connectivity index (χ1) is 12.6. The van der Waals surface area contributed by atoms with Crippen LogP contribution in [0.4, 0.5) is 5.69 Å². The predicted molar refractivity (Wildman–Crippen MR) is 110 cm³/mol. The van der Waals surface area contributed by atoms with E-state index in [1.54, 1.807) is 24.3 Å². The van der Waals surface area contributed by atoms with E-state index in [9.17, 15) is 9.59 Å². The van der Waals surface area contributed by atoms with Crippen LogP contribution in [0.15, 0.2) is 24.3 Å². The second-order valence-corrected chi connectivity index (χ2v) is 7.05. The predicted octanol–water partition coefficient (Wildman–Crippen LogP) is 5.69. The van der Waals surface area contributed by atoms with Crippen LogP contribution in [0.25, 0.3) is 0 Å². The second kappa shape index (κ2) is 14.3. The standard InChI is InChI=1S/C22H36N2O2/c1-3-4-5-6-7-8-9-10-11-12-13-18-23-22(26)20-14-16-21(17-15-20)24-19(2)25/h14-17H,3-13,18H2,1-2H3,(H,23,26)(H,24,25). The zero-order chi connectivity index (χ0) is 19.0. The van der Waals surface area contributed by atoms with E-state index >= 15 is 0 Å². The average molecular weight is 361 g/mol. The van der Waals surface area contributed by atoms with Gasteiger partial charge in [0.1, 0.15) is 0 Å². The zero-order valence-electron chi connectivity index (χ0n) is 16.6. The van der Waals surface area contributed by atoms with E-state index in [-0.39, 0.29) is 11.8 Å².